The molecule has 0 atom stereocenters. The molecule has 1 aliphatic heterocycles. The molecule has 134 valence electrons. The van der Waals surface area contributed by atoms with E-state index in [0.29, 0.717) is 5.69 Å². The Bertz CT molecular complexity index is 718. The zero-order valence-corrected chi connectivity index (χ0v) is 14.9. The SMILES string of the molecule is CCc1cn(C)nc1C(=O)N1CCN(CCc2ccc(F)cc2)CC1. The van der Waals surface area contributed by atoms with Crippen molar-refractivity contribution in [2.24, 2.45) is 7.05 Å². The number of hydrogen-bond donors (Lipinski definition) is 0. The fourth-order valence-corrected chi connectivity index (χ4v) is 3.24. The van der Waals surface area contributed by atoms with Gasteiger partial charge in [0.2, 0.25) is 0 Å². The standard InChI is InChI=1S/C19H25FN4O/c1-3-16-14-22(2)21-18(16)19(25)24-12-10-23(11-13-24)9-8-15-4-6-17(20)7-5-15/h4-7,14H,3,8-13H2,1-2H3. The van der Waals surface area contributed by atoms with Gasteiger partial charge in [0.15, 0.2) is 5.69 Å². The molecular weight excluding hydrogens is 319 g/mol. The minimum atomic E-state index is -0.197. The first-order valence-corrected chi connectivity index (χ1v) is 8.85. The maximum absolute atomic E-state index is 12.9. The number of benzene rings is 1. The summed E-state index contributed by atoms with van der Waals surface area (Å²) < 4.78 is 14.7. The van der Waals surface area contributed by atoms with Crippen LogP contribution in [0.15, 0.2) is 30.5 Å². The molecule has 2 heterocycles. The maximum atomic E-state index is 12.9. The van der Waals surface area contributed by atoms with Crippen LogP contribution in [0, 0.1) is 5.82 Å². The second kappa shape index (κ2) is 7.78. The minimum Gasteiger partial charge on any atom is -0.335 e. The van der Waals surface area contributed by atoms with Gasteiger partial charge in [0, 0.05) is 51.5 Å². The van der Waals surface area contributed by atoms with Gasteiger partial charge in [-0.05, 0) is 30.5 Å². The number of aryl methyl sites for hydroxylation is 2. The van der Waals surface area contributed by atoms with E-state index in [4.69, 9.17) is 0 Å². The van der Waals surface area contributed by atoms with Gasteiger partial charge >= 0.3 is 0 Å². The fraction of sp³-hybridized carbons (Fsp3) is 0.474. The fourth-order valence-electron chi connectivity index (χ4n) is 3.24. The molecule has 5 nitrogen and oxygen atoms in total. The largest absolute Gasteiger partial charge is 0.335 e. The van der Waals surface area contributed by atoms with Crippen LogP contribution in [-0.2, 0) is 19.9 Å². The van der Waals surface area contributed by atoms with Crippen molar-refractivity contribution in [3.63, 3.8) is 0 Å². The summed E-state index contributed by atoms with van der Waals surface area (Å²) >= 11 is 0. The van der Waals surface area contributed by atoms with E-state index >= 15 is 0 Å². The summed E-state index contributed by atoms with van der Waals surface area (Å²) in [4.78, 5) is 17.0. The summed E-state index contributed by atoms with van der Waals surface area (Å²) in [6.45, 7) is 6.14. The average Bonchev–Trinajstić information content (AvgIpc) is 3.02. The molecule has 0 saturated carbocycles. The topological polar surface area (TPSA) is 41.4 Å². The lowest BCUT2D eigenvalue weighted by molar-refractivity contribution is 0.0631. The quantitative estimate of drug-likeness (QED) is 0.834. The number of halogens is 1. The first-order valence-electron chi connectivity index (χ1n) is 8.85. The smallest absolute Gasteiger partial charge is 0.274 e. The van der Waals surface area contributed by atoms with Crippen LogP contribution >= 0.6 is 0 Å². The summed E-state index contributed by atoms with van der Waals surface area (Å²) in [6, 6.07) is 6.68. The van der Waals surface area contributed by atoms with Gasteiger partial charge in [-0.2, -0.15) is 5.10 Å². The molecule has 1 aromatic carbocycles. The number of carbonyl (C=O) groups excluding carboxylic acids is 1. The van der Waals surface area contributed by atoms with Crippen LogP contribution in [0.5, 0.6) is 0 Å². The van der Waals surface area contributed by atoms with E-state index in [1.54, 1.807) is 4.68 Å². The first-order chi connectivity index (χ1) is 12.1. The Hall–Kier alpha value is -2.21. The van der Waals surface area contributed by atoms with E-state index in [9.17, 15) is 9.18 Å². The molecule has 0 aliphatic carbocycles. The highest BCUT2D eigenvalue weighted by molar-refractivity contribution is 5.93. The molecule has 1 aromatic heterocycles. The Kier molecular flexibility index (Phi) is 5.48. The number of rotatable bonds is 5. The molecular formula is C19H25FN4O. The second-order valence-corrected chi connectivity index (χ2v) is 6.54. The third-order valence-electron chi connectivity index (χ3n) is 4.78. The Morgan fingerprint density at radius 2 is 1.84 bits per heavy atom. The van der Waals surface area contributed by atoms with E-state index in [-0.39, 0.29) is 11.7 Å². The van der Waals surface area contributed by atoms with Gasteiger partial charge < -0.3 is 4.90 Å². The Morgan fingerprint density at radius 1 is 1.16 bits per heavy atom. The van der Waals surface area contributed by atoms with Crippen LogP contribution in [-0.4, -0.2) is 58.2 Å². The van der Waals surface area contributed by atoms with Crippen LogP contribution in [0.1, 0.15) is 28.5 Å². The summed E-state index contributed by atoms with van der Waals surface area (Å²) in [5.41, 5.74) is 2.73. The Labute approximate surface area is 148 Å². The van der Waals surface area contributed by atoms with Gasteiger partial charge in [0.1, 0.15) is 5.82 Å². The Balaban J connectivity index is 1.51. The third-order valence-corrected chi connectivity index (χ3v) is 4.78. The molecule has 1 amide bonds. The van der Waals surface area contributed by atoms with E-state index in [2.05, 4.69) is 10.00 Å². The van der Waals surface area contributed by atoms with Crippen molar-refractivity contribution in [1.29, 1.82) is 0 Å². The van der Waals surface area contributed by atoms with E-state index in [0.717, 1.165) is 56.7 Å². The molecule has 2 aromatic rings. The van der Waals surface area contributed by atoms with Crippen LogP contribution in [0.25, 0.3) is 0 Å². The monoisotopic (exact) mass is 344 g/mol. The van der Waals surface area contributed by atoms with Crippen molar-refractivity contribution < 1.29 is 9.18 Å². The van der Waals surface area contributed by atoms with Crippen molar-refractivity contribution in [1.82, 2.24) is 19.6 Å². The number of piperazine rings is 1. The molecule has 0 N–H and O–H groups in total. The zero-order valence-electron chi connectivity index (χ0n) is 14.9. The highest BCUT2D eigenvalue weighted by atomic mass is 19.1. The molecule has 0 unspecified atom stereocenters. The second-order valence-electron chi connectivity index (χ2n) is 6.54. The summed E-state index contributed by atoms with van der Waals surface area (Å²) in [6.07, 6.45) is 3.63. The summed E-state index contributed by atoms with van der Waals surface area (Å²) in [5.74, 6) is -0.160. The molecule has 1 saturated heterocycles. The van der Waals surface area contributed by atoms with Crippen LogP contribution < -0.4 is 0 Å². The predicted octanol–water partition coefficient (Wildman–Crippen LogP) is 2.12. The summed E-state index contributed by atoms with van der Waals surface area (Å²) in [7, 11) is 1.85. The van der Waals surface area contributed by atoms with Gasteiger partial charge in [-0.15, -0.1) is 0 Å². The van der Waals surface area contributed by atoms with Gasteiger partial charge in [-0.1, -0.05) is 19.1 Å². The molecule has 1 aliphatic rings. The van der Waals surface area contributed by atoms with Gasteiger partial charge in [-0.3, -0.25) is 14.4 Å². The van der Waals surface area contributed by atoms with E-state index < -0.39 is 0 Å². The molecule has 25 heavy (non-hydrogen) atoms. The van der Waals surface area contributed by atoms with E-state index in [1.165, 1.54) is 12.1 Å². The lowest BCUT2D eigenvalue weighted by Gasteiger charge is -2.34. The lowest BCUT2D eigenvalue weighted by Crippen LogP contribution is -2.49. The Morgan fingerprint density at radius 3 is 2.48 bits per heavy atom. The number of aromatic nitrogens is 2. The third kappa shape index (κ3) is 4.25. The lowest BCUT2D eigenvalue weighted by atomic mass is 10.1. The normalized spacial score (nSPS) is 15.6. The van der Waals surface area contributed by atoms with Crippen molar-refractivity contribution >= 4 is 5.91 Å². The van der Waals surface area contributed by atoms with Crippen LogP contribution in [0.4, 0.5) is 4.39 Å². The van der Waals surface area contributed by atoms with Crippen molar-refractivity contribution in [2.45, 2.75) is 19.8 Å². The number of amides is 1. The van der Waals surface area contributed by atoms with Gasteiger partial charge in [0.05, 0.1) is 0 Å². The van der Waals surface area contributed by atoms with Gasteiger partial charge in [-0.25, -0.2) is 4.39 Å². The molecule has 6 heteroatoms. The molecule has 0 bridgehead atoms. The van der Waals surface area contributed by atoms with Crippen LogP contribution in [0.2, 0.25) is 0 Å². The maximum Gasteiger partial charge on any atom is 0.274 e. The average molecular weight is 344 g/mol. The van der Waals surface area contributed by atoms with Gasteiger partial charge in [0.25, 0.3) is 5.91 Å². The zero-order chi connectivity index (χ0) is 17.8. The van der Waals surface area contributed by atoms with Crippen molar-refractivity contribution in [2.75, 3.05) is 32.7 Å². The highest BCUT2D eigenvalue weighted by Crippen LogP contribution is 2.13. The molecule has 3 rings (SSSR count). The number of hydrogen-bond acceptors (Lipinski definition) is 3. The number of nitrogens with zero attached hydrogens (tertiary/aromatic N) is 4. The van der Waals surface area contributed by atoms with E-state index in [1.807, 2.05) is 37.2 Å². The highest BCUT2D eigenvalue weighted by Gasteiger charge is 2.25. The minimum absolute atomic E-state index is 0.0376. The van der Waals surface area contributed by atoms with Crippen molar-refractivity contribution in [3.8, 4) is 0 Å². The first kappa shape index (κ1) is 17.6. The predicted molar refractivity (Wildman–Crippen MR) is 95.0 cm³/mol. The molecule has 0 radical (unpaired) electrons. The van der Waals surface area contributed by atoms with Crippen molar-refractivity contribution in [3.05, 3.63) is 53.1 Å². The molecule has 0 spiro atoms. The summed E-state index contributed by atoms with van der Waals surface area (Å²) in [5, 5.41) is 4.34. The number of carbonyl (C=O) groups is 1. The van der Waals surface area contributed by atoms with Crippen LogP contribution in [0.3, 0.4) is 0 Å². The molecule has 1 fully saturated rings.